The minimum absolute atomic E-state index is 0. The molecule has 0 aliphatic rings. The van der Waals surface area contributed by atoms with Crippen molar-refractivity contribution in [3.05, 3.63) is 52.6 Å². The quantitative estimate of drug-likeness (QED) is 0.583. The average molecular weight is 365 g/mol. The number of aryl methyl sites for hydroxylation is 2. The Morgan fingerprint density at radius 2 is 1.54 bits per heavy atom. The van der Waals surface area contributed by atoms with E-state index >= 15 is 0 Å². The Kier molecular flexibility index (Phi) is 7.97. The number of rotatable bonds is 5. The zero-order chi connectivity index (χ0) is 18.8. The van der Waals surface area contributed by atoms with E-state index in [1.165, 1.54) is 5.56 Å². The molecule has 0 saturated carbocycles. The molecule has 0 heterocycles. The fourth-order valence-corrected chi connectivity index (χ4v) is 4.07. The Labute approximate surface area is 170 Å². The fourth-order valence-electron chi connectivity index (χ4n) is 2.84. The Bertz CT molecular complexity index is 771. The van der Waals surface area contributed by atoms with Crippen molar-refractivity contribution in [2.24, 2.45) is 0 Å². The van der Waals surface area contributed by atoms with Gasteiger partial charge in [0.1, 0.15) is 11.5 Å². The van der Waals surface area contributed by atoms with Crippen molar-refractivity contribution in [1.82, 2.24) is 0 Å². The SMILES string of the molecule is COc1ccc(PC(=O)c2c(C)cc(C(C)(C)C)cc2C)c(OC)c1.[Li]. The first kappa shape index (κ1) is 22.8. The van der Waals surface area contributed by atoms with E-state index in [0.29, 0.717) is 5.75 Å². The molecule has 1 unspecified atom stereocenters. The third kappa shape index (κ3) is 5.14. The van der Waals surface area contributed by atoms with Gasteiger partial charge in [-0.3, -0.25) is 4.79 Å². The number of carbonyl (C=O) groups is 1. The number of carbonyl (C=O) groups excluding carboxylic acids is 1. The molecule has 0 bridgehead atoms. The molecule has 0 aliphatic heterocycles. The van der Waals surface area contributed by atoms with Crippen LogP contribution in [0.4, 0.5) is 0 Å². The van der Waals surface area contributed by atoms with Gasteiger partial charge in [-0.05, 0) is 56.7 Å². The Balaban J connectivity index is 0.00000338. The van der Waals surface area contributed by atoms with Crippen LogP contribution in [0.15, 0.2) is 30.3 Å². The monoisotopic (exact) mass is 365 g/mol. The number of benzene rings is 2. The summed E-state index contributed by atoms with van der Waals surface area (Å²) in [5.74, 6) is 1.41. The second kappa shape index (κ2) is 9.09. The second-order valence-corrected chi connectivity index (χ2v) is 8.50. The molecule has 0 amide bonds. The van der Waals surface area contributed by atoms with E-state index in [4.69, 9.17) is 9.47 Å². The van der Waals surface area contributed by atoms with E-state index in [0.717, 1.165) is 27.7 Å². The van der Waals surface area contributed by atoms with Crippen LogP contribution in [-0.4, -0.2) is 38.6 Å². The third-order valence-electron chi connectivity index (χ3n) is 4.28. The fraction of sp³-hybridized carbons (Fsp3) is 0.381. The zero-order valence-electron chi connectivity index (χ0n) is 17.1. The van der Waals surface area contributed by atoms with Crippen molar-refractivity contribution in [1.29, 1.82) is 0 Å². The molecule has 0 aliphatic carbocycles. The number of methoxy groups -OCH3 is 2. The number of hydrogen-bond acceptors (Lipinski definition) is 3. The Morgan fingerprint density at radius 1 is 0.962 bits per heavy atom. The summed E-state index contributed by atoms with van der Waals surface area (Å²) in [7, 11) is 3.25. The number of hydrogen-bond donors (Lipinski definition) is 0. The van der Waals surface area contributed by atoms with E-state index < -0.39 is 0 Å². The van der Waals surface area contributed by atoms with Gasteiger partial charge in [-0.15, -0.1) is 0 Å². The Morgan fingerprint density at radius 3 is 2.00 bits per heavy atom. The molecule has 2 aromatic rings. The van der Waals surface area contributed by atoms with Crippen molar-refractivity contribution in [3.8, 4) is 11.5 Å². The van der Waals surface area contributed by atoms with Crippen molar-refractivity contribution < 1.29 is 14.3 Å². The molecule has 26 heavy (non-hydrogen) atoms. The topological polar surface area (TPSA) is 35.5 Å². The summed E-state index contributed by atoms with van der Waals surface area (Å²) in [6.45, 7) is 10.6. The predicted octanol–water partition coefficient (Wildman–Crippen LogP) is 4.38. The van der Waals surface area contributed by atoms with Crippen molar-refractivity contribution in [2.75, 3.05) is 14.2 Å². The van der Waals surface area contributed by atoms with Crippen molar-refractivity contribution in [2.45, 2.75) is 40.0 Å². The summed E-state index contributed by atoms with van der Waals surface area (Å²) < 4.78 is 10.6. The van der Waals surface area contributed by atoms with Crippen LogP contribution in [0.5, 0.6) is 11.5 Å². The van der Waals surface area contributed by atoms with Crippen LogP contribution < -0.4 is 14.8 Å². The van der Waals surface area contributed by atoms with Crippen LogP contribution >= 0.6 is 8.58 Å². The smallest absolute Gasteiger partial charge is 0.186 e. The molecule has 0 saturated heterocycles. The molecule has 0 N–H and O–H groups in total. The molecule has 135 valence electrons. The van der Waals surface area contributed by atoms with Gasteiger partial charge in [0.15, 0.2) is 5.52 Å². The van der Waals surface area contributed by atoms with Crippen molar-refractivity contribution >= 4 is 38.3 Å². The first-order chi connectivity index (χ1) is 11.7. The first-order valence-corrected chi connectivity index (χ1v) is 9.32. The van der Waals surface area contributed by atoms with E-state index in [9.17, 15) is 4.79 Å². The zero-order valence-corrected chi connectivity index (χ0v) is 18.1. The van der Waals surface area contributed by atoms with Gasteiger partial charge in [0, 0.05) is 35.8 Å². The molecule has 0 spiro atoms. The molecular formula is C21H27LiO3P. The van der Waals surface area contributed by atoms with Crippen LogP contribution in [0, 0.1) is 13.8 Å². The van der Waals surface area contributed by atoms with Crippen LogP contribution in [0.25, 0.3) is 0 Å². The summed E-state index contributed by atoms with van der Waals surface area (Å²) in [6, 6.07) is 9.85. The van der Waals surface area contributed by atoms with E-state index in [-0.39, 0.29) is 38.4 Å². The molecule has 0 aromatic heterocycles. The van der Waals surface area contributed by atoms with Crippen LogP contribution in [0.3, 0.4) is 0 Å². The summed E-state index contributed by atoms with van der Waals surface area (Å²) in [5, 5.41) is 0.895. The van der Waals surface area contributed by atoms with E-state index in [1.807, 2.05) is 32.0 Å². The van der Waals surface area contributed by atoms with Gasteiger partial charge in [-0.1, -0.05) is 32.9 Å². The molecule has 1 radical (unpaired) electrons. The van der Waals surface area contributed by atoms with Crippen LogP contribution in [-0.2, 0) is 5.41 Å². The van der Waals surface area contributed by atoms with Crippen LogP contribution in [0.1, 0.15) is 47.8 Å². The summed E-state index contributed by atoms with van der Waals surface area (Å²) in [6.07, 6.45) is 0. The maximum atomic E-state index is 13.0. The maximum absolute atomic E-state index is 13.0. The standard InChI is InChI=1S/C21H27O3P.Li/c1-13-10-15(21(3,4)5)11-14(2)19(13)20(22)25-18-9-8-16(23-6)12-17(18)24-7;/h8-12,25H,1-7H3;. The van der Waals surface area contributed by atoms with Crippen LogP contribution in [0.2, 0.25) is 0 Å². The normalized spacial score (nSPS) is 11.3. The van der Waals surface area contributed by atoms with E-state index in [2.05, 4.69) is 32.9 Å². The summed E-state index contributed by atoms with van der Waals surface area (Å²) >= 11 is 0. The van der Waals surface area contributed by atoms with Gasteiger partial charge < -0.3 is 9.47 Å². The summed E-state index contributed by atoms with van der Waals surface area (Å²) in [4.78, 5) is 13.0. The molecule has 1 atom stereocenters. The first-order valence-electron chi connectivity index (χ1n) is 8.32. The maximum Gasteiger partial charge on any atom is 0.186 e. The van der Waals surface area contributed by atoms with E-state index in [1.54, 1.807) is 14.2 Å². The minimum atomic E-state index is 0. The van der Waals surface area contributed by atoms with Gasteiger partial charge in [-0.2, -0.15) is 0 Å². The Hall–Kier alpha value is -1.26. The molecule has 2 rings (SSSR count). The molecule has 0 fully saturated rings. The molecule has 3 nitrogen and oxygen atoms in total. The van der Waals surface area contributed by atoms with Gasteiger partial charge >= 0.3 is 0 Å². The van der Waals surface area contributed by atoms with Gasteiger partial charge in [0.2, 0.25) is 0 Å². The molecule has 5 heteroatoms. The number of ether oxygens (including phenoxy) is 2. The molecular weight excluding hydrogens is 338 g/mol. The average Bonchev–Trinajstić information content (AvgIpc) is 2.53. The van der Waals surface area contributed by atoms with Gasteiger partial charge in [-0.25, -0.2) is 0 Å². The predicted molar refractivity (Wildman–Crippen MR) is 112 cm³/mol. The largest absolute Gasteiger partial charge is 0.497 e. The van der Waals surface area contributed by atoms with Gasteiger partial charge in [0.05, 0.1) is 14.2 Å². The minimum Gasteiger partial charge on any atom is -0.497 e. The second-order valence-electron chi connectivity index (χ2n) is 7.26. The van der Waals surface area contributed by atoms with Gasteiger partial charge in [0.25, 0.3) is 0 Å². The third-order valence-corrected chi connectivity index (χ3v) is 5.44. The van der Waals surface area contributed by atoms with Crippen molar-refractivity contribution in [3.63, 3.8) is 0 Å². The summed E-state index contributed by atoms with van der Waals surface area (Å²) in [5.41, 5.74) is 4.36. The molecule has 2 aromatic carbocycles.